The van der Waals surface area contributed by atoms with Crippen molar-refractivity contribution in [2.45, 2.75) is 19.4 Å². The molecule has 1 amide bonds. The van der Waals surface area contributed by atoms with E-state index < -0.39 is 0 Å². The van der Waals surface area contributed by atoms with Crippen molar-refractivity contribution in [3.05, 3.63) is 42.4 Å². The van der Waals surface area contributed by atoms with Crippen LogP contribution in [0, 0.1) is 5.41 Å². The Morgan fingerprint density at radius 3 is 3.00 bits per heavy atom. The molecule has 21 heavy (non-hydrogen) atoms. The topological polar surface area (TPSA) is 69.0 Å². The highest BCUT2D eigenvalue weighted by Gasteiger charge is 2.43. The second-order valence-electron chi connectivity index (χ2n) is 5.47. The summed E-state index contributed by atoms with van der Waals surface area (Å²) in [4.78, 5) is 16.2. The maximum atomic E-state index is 12.2. The number of methoxy groups -OCH3 is 1. The molecular weight excluding hydrogens is 268 g/mol. The van der Waals surface area contributed by atoms with Crippen LogP contribution >= 0.6 is 0 Å². The second kappa shape index (κ2) is 5.55. The van der Waals surface area contributed by atoms with Gasteiger partial charge in [-0.2, -0.15) is 5.10 Å². The molecule has 0 radical (unpaired) electrons. The lowest BCUT2D eigenvalue weighted by molar-refractivity contribution is 0.0942. The lowest BCUT2D eigenvalue weighted by atomic mass is 10.1. The minimum atomic E-state index is -0.0950. The van der Waals surface area contributed by atoms with Crippen LogP contribution < -0.4 is 10.1 Å². The largest absolute Gasteiger partial charge is 0.481 e. The van der Waals surface area contributed by atoms with Crippen LogP contribution in [-0.4, -0.2) is 34.3 Å². The molecule has 110 valence electrons. The first-order valence-corrected chi connectivity index (χ1v) is 6.96. The number of nitrogens with zero attached hydrogens (tertiary/aromatic N) is 3. The fourth-order valence-electron chi connectivity index (χ4n) is 2.34. The summed E-state index contributed by atoms with van der Waals surface area (Å²) in [6.45, 7) is 1.51. The maximum absolute atomic E-state index is 12.2. The van der Waals surface area contributed by atoms with E-state index in [1.807, 2.05) is 16.9 Å². The predicted molar refractivity (Wildman–Crippen MR) is 77.0 cm³/mol. The van der Waals surface area contributed by atoms with Crippen molar-refractivity contribution in [2.75, 3.05) is 13.7 Å². The molecule has 0 spiro atoms. The van der Waals surface area contributed by atoms with E-state index in [2.05, 4.69) is 15.4 Å². The number of hydrogen-bond acceptors (Lipinski definition) is 4. The zero-order chi connectivity index (χ0) is 14.7. The third kappa shape index (κ3) is 3.21. The SMILES string of the molecule is COc1cc(C(=O)NCC2(Cn3cccn3)CC2)ccn1. The molecule has 2 aromatic rings. The van der Waals surface area contributed by atoms with Gasteiger partial charge < -0.3 is 10.1 Å². The van der Waals surface area contributed by atoms with Crippen LogP contribution in [0.15, 0.2) is 36.8 Å². The Morgan fingerprint density at radius 2 is 2.33 bits per heavy atom. The van der Waals surface area contributed by atoms with Gasteiger partial charge in [-0.15, -0.1) is 0 Å². The van der Waals surface area contributed by atoms with E-state index >= 15 is 0 Å². The highest BCUT2D eigenvalue weighted by atomic mass is 16.5. The van der Waals surface area contributed by atoms with Gasteiger partial charge >= 0.3 is 0 Å². The Labute approximate surface area is 123 Å². The van der Waals surface area contributed by atoms with E-state index in [4.69, 9.17) is 4.74 Å². The first-order valence-electron chi connectivity index (χ1n) is 6.96. The lowest BCUT2D eigenvalue weighted by Gasteiger charge is -2.16. The number of amides is 1. The van der Waals surface area contributed by atoms with Crippen molar-refractivity contribution in [2.24, 2.45) is 5.41 Å². The van der Waals surface area contributed by atoms with E-state index in [0.717, 1.165) is 19.4 Å². The van der Waals surface area contributed by atoms with Gasteiger partial charge in [0.1, 0.15) is 0 Å². The van der Waals surface area contributed by atoms with Gasteiger partial charge in [-0.25, -0.2) is 4.98 Å². The van der Waals surface area contributed by atoms with E-state index in [-0.39, 0.29) is 11.3 Å². The van der Waals surface area contributed by atoms with Crippen molar-refractivity contribution in [1.82, 2.24) is 20.1 Å². The van der Waals surface area contributed by atoms with Gasteiger partial charge in [0, 0.05) is 48.7 Å². The molecule has 0 saturated heterocycles. The van der Waals surface area contributed by atoms with Gasteiger partial charge in [-0.3, -0.25) is 9.48 Å². The number of rotatable bonds is 6. The first kappa shape index (κ1) is 13.6. The number of ether oxygens (including phenoxy) is 1. The highest BCUT2D eigenvalue weighted by Crippen LogP contribution is 2.46. The van der Waals surface area contributed by atoms with Crippen molar-refractivity contribution >= 4 is 5.91 Å². The van der Waals surface area contributed by atoms with Gasteiger partial charge in [-0.05, 0) is 25.0 Å². The van der Waals surface area contributed by atoms with Gasteiger partial charge in [0.05, 0.1) is 7.11 Å². The number of pyridine rings is 1. The molecule has 0 aliphatic heterocycles. The predicted octanol–water partition coefficient (Wildman–Crippen LogP) is 1.50. The van der Waals surface area contributed by atoms with Crippen LogP contribution in [0.4, 0.5) is 0 Å². The molecular formula is C15H18N4O2. The fourth-order valence-corrected chi connectivity index (χ4v) is 2.34. The lowest BCUT2D eigenvalue weighted by Crippen LogP contribution is -2.32. The summed E-state index contributed by atoms with van der Waals surface area (Å²) in [6, 6.07) is 5.24. The van der Waals surface area contributed by atoms with Crippen LogP contribution in [0.25, 0.3) is 0 Å². The molecule has 0 aromatic carbocycles. The molecule has 6 nitrogen and oxygen atoms in total. The smallest absolute Gasteiger partial charge is 0.251 e. The molecule has 1 aliphatic rings. The average Bonchev–Trinajstić information content (AvgIpc) is 3.09. The summed E-state index contributed by atoms with van der Waals surface area (Å²) in [7, 11) is 1.54. The van der Waals surface area contributed by atoms with Crippen molar-refractivity contribution in [3.8, 4) is 5.88 Å². The molecule has 2 aromatic heterocycles. The summed E-state index contributed by atoms with van der Waals surface area (Å²) in [5, 5.41) is 7.23. The zero-order valence-electron chi connectivity index (χ0n) is 12.0. The second-order valence-corrected chi connectivity index (χ2v) is 5.47. The fraction of sp³-hybridized carbons (Fsp3) is 0.400. The quantitative estimate of drug-likeness (QED) is 0.873. The van der Waals surface area contributed by atoms with E-state index in [1.165, 1.54) is 7.11 Å². The zero-order valence-corrected chi connectivity index (χ0v) is 12.0. The first-order chi connectivity index (χ1) is 10.2. The Morgan fingerprint density at radius 1 is 1.48 bits per heavy atom. The third-order valence-corrected chi connectivity index (χ3v) is 3.84. The van der Waals surface area contributed by atoms with Gasteiger partial charge in [0.25, 0.3) is 5.91 Å². The van der Waals surface area contributed by atoms with Crippen molar-refractivity contribution in [1.29, 1.82) is 0 Å². The van der Waals surface area contributed by atoms with Crippen LogP contribution in [0.3, 0.4) is 0 Å². The van der Waals surface area contributed by atoms with Gasteiger partial charge in [-0.1, -0.05) is 0 Å². The Balaban J connectivity index is 1.58. The van der Waals surface area contributed by atoms with Crippen molar-refractivity contribution in [3.63, 3.8) is 0 Å². The number of hydrogen-bond donors (Lipinski definition) is 1. The van der Waals surface area contributed by atoms with Crippen LogP contribution in [0.5, 0.6) is 5.88 Å². The number of carbonyl (C=O) groups is 1. The molecule has 6 heteroatoms. The summed E-state index contributed by atoms with van der Waals surface area (Å²) < 4.78 is 6.96. The summed E-state index contributed by atoms with van der Waals surface area (Å²) in [5.41, 5.74) is 0.718. The molecule has 1 N–H and O–H groups in total. The van der Waals surface area contributed by atoms with E-state index in [1.54, 1.807) is 24.5 Å². The number of aromatic nitrogens is 3. The third-order valence-electron chi connectivity index (χ3n) is 3.84. The molecule has 1 fully saturated rings. The molecule has 3 rings (SSSR count). The minimum absolute atomic E-state index is 0.0950. The number of nitrogens with one attached hydrogen (secondary N) is 1. The minimum Gasteiger partial charge on any atom is -0.481 e. The Hall–Kier alpha value is -2.37. The summed E-state index contributed by atoms with van der Waals surface area (Å²) >= 11 is 0. The standard InChI is InChI=1S/C15H18N4O2/c1-21-13-9-12(3-7-16-13)14(20)17-10-15(4-5-15)11-19-8-2-6-18-19/h2-3,6-9H,4-5,10-11H2,1H3,(H,17,20). The van der Waals surface area contributed by atoms with Crippen molar-refractivity contribution < 1.29 is 9.53 Å². The Kier molecular flexibility index (Phi) is 3.60. The van der Waals surface area contributed by atoms with Gasteiger partial charge in [0.2, 0.25) is 5.88 Å². The molecule has 2 heterocycles. The van der Waals surface area contributed by atoms with E-state index in [0.29, 0.717) is 18.0 Å². The monoisotopic (exact) mass is 286 g/mol. The molecule has 1 aliphatic carbocycles. The molecule has 0 atom stereocenters. The summed E-state index contributed by atoms with van der Waals surface area (Å²) in [5.74, 6) is 0.350. The maximum Gasteiger partial charge on any atom is 0.251 e. The van der Waals surface area contributed by atoms with E-state index in [9.17, 15) is 4.79 Å². The average molecular weight is 286 g/mol. The van der Waals surface area contributed by atoms with Crippen LogP contribution in [0.1, 0.15) is 23.2 Å². The van der Waals surface area contributed by atoms with Gasteiger partial charge in [0.15, 0.2) is 0 Å². The normalized spacial score (nSPS) is 15.5. The molecule has 0 bridgehead atoms. The molecule has 0 unspecified atom stereocenters. The highest BCUT2D eigenvalue weighted by molar-refractivity contribution is 5.94. The Bertz CT molecular complexity index is 620. The van der Waals surface area contributed by atoms with Crippen LogP contribution in [0.2, 0.25) is 0 Å². The molecule has 1 saturated carbocycles. The van der Waals surface area contributed by atoms with Crippen LogP contribution in [-0.2, 0) is 6.54 Å². The number of carbonyl (C=O) groups excluding carboxylic acids is 1. The summed E-state index contributed by atoms with van der Waals surface area (Å²) in [6.07, 6.45) is 7.54.